The van der Waals surface area contributed by atoms with Gasteiger partial charge in [0.2, 0.25) is 5.91 Å². The van der Waals surface area contributed by atoms with E-state index in [1.807, 2.05) is 23.1 Å². The van der Waals surface area contributed by atoms with Crippen molar-refractivity contribution in [3.05, 3.63) is 30.3 Å². The van der Waals surface area contributed by atoms with Gasteiger partial charge in [0.1, 0.15) is 0 Å². The molecule has 5 nitrogen and oxygen atoms in total. The summed E-state index contributed by atoms with van der Waals surface area (Å²) in [5.74, 6) is 1.39. The van der Waals surface area contributed by atoms with Crippen LogP contribution in [-0.2, 0) is 4.79 Å². The second kappa shape index (κ2) is 9.57. The molecule has 2 rings (SSSR count). The summed E-state index contributed by atoms with van der Waals surface area (Å²) >= 11 is 1.71. The van der Waals surface area contributed by atoms with E-state index in [1.165, 1.54) is 4.90 Å². The second-order valence-corrected chi connectivity index (χ2v) is 7.49. The standard InChI is InChI=1S/C18H27N3O2S/c1-20(2)18(23)21-11-8-15(9-12-21)14-19-17(22)10-13-24-16-6-4-3-5-7-16/h3-7,15H,8-14H2,1-2H3,(H,19,22). The van der Waals surface area contributed by atoms with E-state index in [0.717, 1.165) is 38.2 Å². The molecule has 1 aliphatic rings. The molecule has 0 saturated carbocycles. The van der Waals surface area contributed by atoms with Gasteiger partial charge in [-0.2, -0.15) is 0 Å². The third-order valence-electron chi connectivity index (χ3n) is 4.20. The van der Waals surface area contributed by atoms with Crippen LogP contribution in [0.3, 0.4) is 0 Å². The molecular formula is C18H27N3O2S. The zero-order chi connectivity index (χ0) is 17.4. The minimum Gasteiger partial charge on any atom is -0.356 e. The highest BCUT2D eigenvalue weighted by atomic mass is 32.2. The number of piperidine rings is 1. The molecule has 0 unspecified atom stereocenters. The van der Waals surface area contributed by atoms with Crippen LogP contribution >= 0.6 is 11.8 Å². The Hall–Kier alpha value is -1.69. The summed E-state index contributed by atoms with van der Waals surface area (Å²) in [6.07, 6.45) is 2.45. The topological polar surface area (TPSA) is 52.7 Å². The molecule has 132 valence electrons. The van der Waals surface area contributed by atoms with Gasteiger partial charge in [-0.1, -0.05) is 18.2 Å². The van der Waals surface area contributed by atoms with Crippen LogP contribution in [-0.4, -0.2) is 61.2 Å². The van der Waals surface area contributed by atoms with Crippen LogP contribution in [0.5, 0.6) is 0 Å². The summed E-state index contributed by atoms with van der Waals surface area (Å²) < 4.78 is 0. The predicted octanol–water partition coefficient (Wildman–Crippen LogP) is 2.68. The number of thioether (sulfide) groups is 1. The van der Waals surface area contributed by atoms with E-state index in [4.69, 9.17) is 0 Å². The quantitative estimate of drug-likeness (QED) is 0.804. The summed E-state index contributed by atoms with van der Waals surface area (Å²) in [6, 6.07) is 10.2. The number of likely N-dealkylation sites (tertiary alicyclic amines) is 1. The van der Waals surface area contributed by atoms with E-state index in [-0.39, 0.29) is 11.9 Å². The van der Waals surface area contributed by atoms with Crippen molar-refractivity contribution in [2.45, 2.75) is 24.2 Å². The third kappa shape index (κ3) is 6.07. The average Bonchev–Trinajstić information content (AvgIpc) is 2.60. The van der Waals surface area contributed by atoms with Crippen LogP contribution in [0, 0.1) is 5.92 Å². The lowest BCUT2D eigenvalue weighted by Crippen LogP contribution is -2.45. The van der Waals surface area contributed by atoms with Crippen molar-refractivity contribution in [2.75, 3.05) is 39.5 Å². The van der Waals surface area contributed by atoms with Crippen molar-refractivity contribution in [1.82, 2.24) is 15.1 Å². The third-order valence-corrected chi connectivity index (χ3v) is 5.21. The zero-order valence-corrected chi connectivity index (χ0v) is 15.3. The molecule has 0 radical (unpaired) electrons. The van der Waals surface area contributed by atoms with Crippen molar-refractivity contribution < 1.29 is 9.59 Å². The van der Waals surface area contributed by atoms with Crippen LogP contribution in [0.15, 0.2) is 35.2 Å². The van der Waals surface area contributed by atoms with E-state index in [1.54, 1.807) is 30.8 Å². The molecule has 24 heavy (non-hydrogen) atoms. The predicted molar refractivity (Wildman–Crippen MR) is 98.2 cm³/mol. The van der Waals surface area contributed by atoms with Gasteiger partial charge in [-0.3, -0.25) is 4.79 Å². The van der Waals surface area contributed by atoms with Crippen molar-refractivity contribution in [1.29, 1.82) is 0 Å². The van der Waals surface area contributed by atoms with Crippen molar-refractivity contribution >= 4 is 23.7 Å². The van der Waals surface area contributed by atoms with Gasteiger partial charge in [0.15, 0.2) is 0 Å². The largest absolute Gasteiger partial charge is 0.356 e. The molecule has 3 amide bonds. The summed E-state index contributed by atoms with van der Waals surface area (Å²) in [5, 5.41) is 3.04. The number of nitrogens with one attached hydrogen (secondary N) is 1. The first kappa shape index (κ1) is 18.6. The number of hydrogen-bond acceptors (Lipinski definition) is 3. The van der Waals surface area contributed by atoms with Crippen LogP contribution in [0.25, 0.3) is 0 Å². The zero-order valence-electron chi connectivity index (χ0n) is 14.5. The number of amides is 3. The molecule has 1 aromatic carbocycles. The van der Waals surface area contributed by atoms with Gasteiger partial charge in [-0.05, 0) is 30.9 Å². The van der Waals surface area contributed by atoms with Crippen molar-refractivity contribution in [3.8, 4) is 0 Å². The maximum absolute atomic E-state index is 11.9. The molecule has 1 aliphatic heterocycles. The van der Waals surface area contributed by atoms with Gasteiger partial charge in [0.05, 0.1) is 0 Å². The molecule has 0 spiro atoms. The fourth-order valence-electron chi connectivity index (χ4n) is 2.74. The molecular weight excluding hydrogens is 322 g/mol. The molecule has 0 atom stereocenters. The Balaban J connectivity index is 1.58. The Kier molecular flexibility index (Phi) is 7.43. The number of urea groups is 1. The lowest BCUT2D eigenvalue weighted by atomic mass is 9.97. The fourth-order valence-corrected chi connectivity index (χ4v) is 3.61. The normalized spacial score (nSPS) is 15.2. The Morgan fingerprint density at radius 3 is 2.50 bits per heavy atom. The van der Waals surface area contributed by atoms with E-state index in [2.05, 4.69) is 17.4 Å². The average molecular weight is 350 g/mol. The van der Waals surface area contributed by atoms with E-state index in [9.17, 15) is 9.59 Å². The van der Waals surface area contributed by atoms with Gasteiger partial charge in [0, 0.05) is 50.8 Å². The van der Waals surface area contributed by atoms with Gasteiger partial charge >= 0.3 is 6.03 Å². The van der Waals surface area contributed by atoms with Gasteiger partial charge in [-0.15, -0.1) is 11.8 Å². The Morgan fingerprint density at radius 2 is 1.88 bits per heavy atom. The van der Waals surface area contributed by atoms with Gasteiger partial charge in [-0.25, -0.2) is 4.79 Å². The minimum atomic E-state index is 0.0791. The number of nitrogens with zero attached hydrogens (tertiary/aromatic N) is 2. The Labute approximate surface area is 148 Å². The highest BCUT2D eigenvalue weighted by Gasteiger charge is 2.23. The van der Waals surface area contributed by atoms with Crippen LogP contribution in [0.1, 0.15) is 19.3 Å². The van der Waals surface area contributed by atoms with Gasteiger partial charge < -0.3 is 15.1 Å². The summed E-state index contributed by atoms with van der Waals surface area (Å²) in [5.41, 5.74) is 0. The van der Waals surface area contributed by atoms with Crippen molar-refractivity contribution in [2.24, 2.45) is 5.92 Å². The molecule has 0 aromatic heterocycles. The molecule has 1 fully saturated rings. The first-order chi connectivity index (χ1) is 11.6. The van der Waals surface area contributed by atoms with Crippen LogP contribution in [0.4, 0.5) is 4.79 Å². The monoisotopic (exact) mass is 349 g/mol. The second-order valence-electron chi connectivity index (χ2n) is 6.32. The molecule has 0 aliphatic carbocycles. The number of rotatable bonds is 6. The van der Waals surface area contributed by atoms with Crippen LogP contribution < -0.4 is 5.32 Å². The molecule has 1 aromatic rings. The number of carbonyl (C=O) groups excluding carboxylic acids is 2. The Bertz CT molecular complexity index is 528. The summed E-state index contributed by atoms with van der Waals surface area (Å²) in [6.45, 7) is 2.28. The Morgan fingerprint density at radius 1 is 1.21 bits per heavy atom. The maximum atomic E-state index is 11.9. The molecule has 1 heterocycles. The molecule has 1 saturated heterocycles. The van der Waals surface area contributed by atoms with E-state index < -0.39 is 0 Å². The summed E-state index contributed by atoms with van der Waals surface area (Å²) in [7, 11) is 3.56. The highest BCUT2D eigenvalue weighted by molar-refractivity contribution is 7.99. The SMILES string of the molecule is CN(C)C(=O)N1CCC(CNC(=O)CCSc2ccccc2)CC1. The number of carbonyl (C=O) groups is 2. The van der Waals surface area contributed by atoms with Crippen LogP contribution in [0.2, 0.25) is 0 Å². The molecule has 0 bridgehead atoms. The fraction of sp³-hybridized carbons (Fsp3) is 0.556. The smallest absolute Gasteiger partial charge is 0.319 e. The van der Waals surface area contributed by atoms with E-state index in [0.29, 0.717) is 12.3 Å². The molecule has 6 heteroatoms. The molecule has 1 N–H and O–H groups in total. The lowest BCUT2D eigenvalue weighted by Gasteiger charge is -2.33. The number of hydrogen-bond donors (Lipinski definition) is 1. The minimum absolute atomic E-state index is 0.0791. The van der Waals surface area contributed by atoms with Crippen molar-refractivity contribution in [3.63, 3.8) is 0 Å². The lowest BCUT2D eigenvalue weighted by molar-refractivity contribution is -0.120. The maximum Gasteiger partial charge on any atom is 0.319 e. The van der Waals surface area contributed by atoms with E-state index >= 15 is 0 Å². The van der Waals surface area contributed by atoms with Gasteiger partial charge in [0.25, 0.3) is 0 Å². The first-order valence-corrected chi connectivity index (χ1v) is 9.45. The first-order valence-electron chi connectivity index (χ1n) is 8.47. The number of benzene rings is 1. The highest BCUT2D eigenvalue weighted by Crippen LogP contribution is 2.19. The summed E-state index contributed by atoms with van der Waals surface area (Å²) in [4.78, 5) is 28.5.